The average Bonchev–Trinajstić information content (AvgIpc) is 2.45. The molecule has 2 N–H and O–H groups in total. The van der Waals surface area contributed by atoms with Gasteiger partial charge in [-0.05, 0) is 43.5 Å². The fourth-order valence-corrected chi connectivity index (χ4v) is 2.56. The van der Waals surface area contributed by atoms with Gasteiger partial charge in [0.05, 0.1) is 5.52 Å². The Morgan fingerprint density at radius 3 is 2.90 bits per heavy atom. The summed E-state index contributed by atoms with van der Waals surface area (Å²) >= 11 is 6.17. The average molecular weight is 293 g/mol. The van der Waals surface area contributed by atoms with Crippen molar-refractivity contribution < 1.29 is 5.11 Å². The Morgan fingerprint density at radius 2 is 2.20 bits per heavy atom. The molecule has 1 heterocycles. The number of aliphatic hydroxyl groups is 1. The molecule has 20 heavy (non-hydrogen) atoms. The first kappa shape index (κ1) is 15.2. The van der Waals surface area contributed by atoms with Crippen LogP contribution in [-0.2, 0) is 6.54 Å². The Hall–Kier alpha value is -1.16. The highest BCUT2D eigenvalue weighted by Crippen LogP contribution is 2.23. The van der Waals surface area contributed by atoms with Crippen LogP contribution in [0.25, 0.3) is 10.9 Å². The molecule has 1 atom stereocenters. The number of hydrogen-bond acceptors (Lipinski definition) is 3. The fraction of sp³-hybridized carbons (Fsp3) is 0.438. The molecule has 0 bridgehead atoms. The van der Waals surface area contributed by atoms with Crippen LogP contribution in [0.2, 0.25) is 5.02 Å². The van der Waals surface area contributed by atoms with Crippen LogP contribution in [0.5, 0.6) is 0 Å². The Balaban J connectivity index is 2.25. The molecular weight excluding hydrogens is 272 g/mol. The zero-order chi connectivity index (χ0) is 14.6. The van der Waals surface area contributed by atoms with E-state index in [2.05, 4.69) is 24.1 Å². The Labute approximate surface area is 125 Å². The zero-order valence-corrected chi connectivity index (χ0v) is 12.7. The summed E-state index contributed by atoms with van der Waals surface area (Å²) in [5.74, 6) is 0. The molecule has 0 spiro atoms. The number of aromatic nitrogens is 1. The fourth-order valence-electron chi connectivity index (χ4n) is 2.31. The molecule has 2 rings (SSSR count). The van der Waals surface area contributed by atoms with Crippen molar-refractivity contribution in [3.05, 3.63) is 41.0 Å². The van der Waals surface area contributed by atoms with Crippen LogP contribution in [0.3, 0.4) is 0 Å². The molecule has 1 aromatic heterocycles. The van der Waals surface area contributed by atoms with E-state index < -0.39 is 0 Å². The first-order valence-electron chi connectivity index (χ1n) is 6.97. The molecule has 0 radical (unpaired) electrons. The van der Waals surface area contributed by atoms with E-state index in [1.807, 2.05) is 24.3 Å². The second kappa shape index (κ2) is 6.53. The normalized spacial score (nSPS) is 14.4. The van der Waals surface area contributed by atoms with Crippen LogP contribution in [0, 0.1) is 0 Å². The number of pyridine rings is 1. The number of benzene rings is 1. The molecule has 0 saturated carbocycles. The van der Waals surface area contributed by atoms with Crippen molar-refractivity contribution in [2.75, 3.05) is 6.61 Å². The first-order valence-corrected chi connectivity index (χ1v) is 7.35. The summed E-state index contributed by atoms with van der Waals surface area (Å²) < 4.78 is 0. The summed E-state index contributed by atoms with van der Waals surface area (Å²) in [7, 11) is 0. The van der Waals surface area contributed by atoms with E-state index in [-0.39, 0.29) is 12.1 Å². The third-order valence-electron chi connectivity index (χ3n) is 3.90. The molecule has 1 aromatic carbocycles. The van der Waals surface area contributed by atoms with Crippen molar-refractivity contribution in [1.29, 1.82) is 0 Å². The quantitative estimate of drug-likeness (QED) is 0.856. The number of nitrogens with zero attached hydrogens (tertiary/aromatic N) is 1. The number of hydrogen-bond donors (Lipinski definition) is 2. The predicted molar refractivity (Wildman–Crippen MR) is 84.0 cm³/mol. The van der Waals surface area contributed by atoms with Gasteiger partial charge in [-0.15, -0.1) is 0 Å². The van der Waals surface area contributed by atoms with Gasteiger partial charge in [0.15, 0.2) is 0 Å². The molecule has 0 aliphatic carbocycles. The molecule has 0 amide bonds. The van der Waals surface area contributed by atoms with Crippen LogP contribution < -0.4 is 5.32 Å². The van der Waals surface area contributed by atoms with Gasteiger partial charge in [0.1, 0.15) is 0 Å². The van der Waals surface area contributed by atoms with Crippen molar-refractivity contribution in [2.45, 2.75) is 38.8 Å². The van der Waals surface area contributed by atoms with E-state index >= 15 is 0 Å². The molecule has 1 unspecified atom stereocenters. The van der Waals surface area contributed by atoms with Crippen LogP contribution in [0.4, 0.5) is 0 Å². The van der Waals surface area contributed by atoms with Crippen molar-refractivity contribution in [3.8, 4) is 0 Å². The third-order valence-corrected chi connectivity index (χ3v) is 4.12. The Bertz CT molecular complexity index is 588. The van der Waals surface area contributed by atoms with E-state index in [0.717, 1.165) is 34.3 Å². The molecular formula is C16H21ClN2O. The van der Waals surface area contributed by atoms with E-state index in [0.29, 0.717) is 6.54 Å². The smallest absolute Gasteiger partial charge is 0.0747 e. The second-order valence-corrected chi connectivity index (χ2v) is 5.82. The largest absolute Gasteiger partial charge is 0.396 e. The summed E-state index contributed by atoms with van der Waals surface area (Å²) in [5.41, 5.74) is 2.00. The summed E-state index contributed by atoms with van der Waals surface area (Å²) in [5, 5.41) is 14.5. The maximum atomic E-state index is 9.17. The van der Waals surface area contributed by atoms with Crippen molar-refractivity contribution in [2.24, 2.45) is 0 Å². The molecule has 3 nitrogen and oxygen atoms in total. The van der Waals surface area contributed by atoms with E-state index in [1.54, 1.807) is 6.20 Å². The van der Waals surface area contributed by atoms with Crippen LogP contribution in [0.1, 0.15) is 32.3 Å². The molecule has 0 saturated heterocycles. The lowest BCUT2D eigenvalue weighted by Gasteiger charge is -2.29. The number of rotatable bonds is 6. The van der Waals surface area contributed by atoms with Crippen LogP contribution >= 0.6 is 11.6 Å². The van der Waals surface area contributed by atoms with Crippen LogP contribution in [-0.4, -0.2) is 22.2 Å². The number of aliphatic hydroxyl groups excluding tert-OH is 1. The maximum absolute atomic E-state index is 9.17. The molecule has 4 heteroatoms. The standard InChI is InChI=1S/C16H21ClN2O/c1-3-16(2,6-8-20)19-11-13-10-14(17)9-12-5-4-7-18-15(12)13/h4-5,7,9-10,19-20H,3,6,8,11H2,1-2H3. The Kier molecular flexibility index (Phi) is 4.97. The van der Waals surface area contributed by atoms with Gasteiger partial charge in [0.25, 0.3) is 0 Å². The summed E-state index contributed by atoms with van der Waals surface area (Å²) in [6.07, 6.45) is 3.49. The number of halogens is 1. The summed E-state index contributed by atoms with van der Waals surface area (Å²) in [6, 6.07) is 7.82. The van der Waals surface area contributed by atoms with Gasteiger partial charge in [-0.1, -0.05) is 24.6 Å². The lowest BCUT2D eigenvalue weighted by molar-refractivity contribution is 0.214. The monoisotopic (exact) mass is 292 g/mol. The predicted octanol–water partition coefficient (Wildman–Crippen LogP) is 3.53. The molecule has 2 aromatic rings. The van der Waals surface area contributed by atoms with Gasteiger partial charge in [-0.25, -0.2) is 0 Å². The maximum Gasteiger partial charge on any atom is 0.0747 e. The van der Waals surface area contributed by atoms with Crippen LogP contribution in [0.15, 0.2) is 30.5 Å². The van der Waals surface area contributed by atoms with Gasteiger partial charge >= 0.3 is 0 Å². The minimum atomic E-state index is -0.0713. The summed E-state index contributed by atoms with van der Waals surface area (Å²) in [4.78, 5) is 4.45. The molecule has 0 aliphatic rings. The van der Waals surface area contributed by atoms with Crippen molar-refractivity contribution >= 4 is 22.5 Å². The molecule has 0 aliphatic heterocycles. The minimum absolute atomic E-state index is 0.0713. The van der Waals surface area contributed by atoms with Gasteiger partial charge in [-0.3, -0.25) is 4.98 Å². The van der Waals surface area contributed by atoms with Gasteiger partial charge in [0, 0.05) is 35.3 Å². The van der Waals surface area contributed by atoms with E-state index in [1.165, 1.54) is 0 Å². The van der Waals surface area contributed by atoms with Gasteiger partial charge in [0.2, 0.25) is 0 Å². The minimum Gasteiger partial charge on any atom is -0.396 e. The van der Waals surface area contributed by atoms with Gasteiger partial charge in [-0.2, -0.15) is 0 Å². The number of fused-ring (bicyclic) bond motifs is 1. The summed E-state index contributed by atoms with van der Waals surface area (Å²) in [6.45, 7) is 5.13. The third kappa shape index (κ3) is 3.48. The molecule has 0 fully saturated rings. The SMILES string of the molecule is CCC(C)(CCO)NCc1cc(Cl)cc2cccnc12. The lowest BCUT2D eigenvalue weighted by Crippen LogP contribution is -2.42. The molecule has 108 valence electrons. The first-order chi connectivity index (χ1) is 9.58. The van der Waals surface area contributed by atoms with E-state index in [9.17, 15) is 5.11 Å². The van der Waals surface area contributed by atoms with Gasteiger partial charge < -0.3 is 10.4 Å². The number of nitrogens with one attached hydrogen (secondary N) is 1. The van der Waals surface area contributed by atoms with Crippen molar-refractivity contribution in [3.63, 3.8) is 0 Å². The lowest BCUT2D eigenvalue weighted by atomic mass is 9.94. The highest BCUT2D eigenvalue weighted by atomic mass is 35.5. The second-order valence-electron chi connectivity index (χ2n) is 5.38. The van der Waals surface area contributed by atoms with Crippen molar-refractivity contribution in [1.82, 2.24) is 10.3 Å². The highest BCUT2D eigenvalue weighted by molar-refractivity contribution is 6.31. The van der Waals surface area contributed by atoms with E-state index in [4.69, 9.17) is 11.6 Å². The zero-order valence-electron chi connectivity index (χ0n) is 12.0. The topological polar surface area (TPSA) is 45.1 Å². The highest BCUT2D eigenvalue weighted by Gasteiger charge is 2.20. The Morgan fingerprint density at radius 1 is 1.40 bits per heavy atom.